The van der Waals surface area contributed by atoms with E-state index in [1.165, 1.54) is 12.1 Å². The van der Waals surface area contributed by atoms with Crippen LogP contribution in [0.25, 0.3) is 0 Å². The lowest BCUT2D eigenvalue weighted by atomic mass is 9.95. The normalized spacial score (nSPS) is 45.9. The van der Waals surface area contributed by atoms with Gasteiger partial charge < -0.3 is 104 Å². The lowest BCUT2D eigenvalue weighted by Gasteiger charge is -2.49. The van der Waals surface area contributed by atoms with Crippen molar-refractivity contribution in [3.05, 3.63) is 34.4 Å². The van der Waals surface area contributed by atoms with Crippen LogP contribution in [-0.2, 0) is 33.2 Å². The van der Waals surface area contributed by atoms with Gasteiger partial charge in [-0.2, -0.15) is 0 Å². The van der Waals surface area contributed by atoms with Gasteiger partial charge in [0.1, 0.15) is 103 Å². The number of nitro benzene ring substituents is 1. The molecule has 24 heteroatoms. The molecule has 0 saturated carbocycles. The number of benzene rings is 1. The highest BCUT2D eigenvalue weighted by atomic mass is 16.8. The highest BCUT2D eigenvalue weighted by molar-refractivity contribution is 5.36. The van der Waals surface area contributed by atoms with E-state index in [2.05, 4.69) is 0 Å². The Bertz CT molecular complexity index is 1340. The largest absolute Gasteiger partial charge is 0.462 e. The van der Waals surface area contributed by atoms with Crippen LogP contribution >= 0.6 is 0 Å². The number of ether oxygens (including phenoxy) is 8. The van der Waals surface area contributed by atoms with Gasteiger partial charge in [0.2, 0.25) is 6.29 Å². The van der Waals surface area contributed by atoms with Gasteiger partial charge in [0.15, 0.2) is 18.9 Å². The van der Waals surface area contributed by atoms with Crippen LogP contribution in [0, 0.1) is 10.1 Å². The minimum atomic E-state index is -2.06. The average molecular weight is 788 g/mol. The molecule has 54 heavy (non-hydrogen) atoms. The molecule has 0 unspecified atom stereocenters. The predicted molar refractivity (Wildman–Crippen MR) is 165 cm³/mol. The van der Waals surface area contributed by atoms with Crippen LogP contribution in [0.3, 0.4) is 0 Å². The van der Waals surface area contributed by atoms with Gasteiger partial charge >= 0.3 is 0 Å². The Morgan fingerprint density at radius 2 is 0.815 bits per heavy atom. The van der Waals surface area contributed by atoms with Gasteiger partial charge in [-0.1, -0.05) is 0 Å². The fourth-order valence-electron chi connectivity index (χ4n) is 6.41. The molecule has 4 heterocycles. The van der Waals surface area contributed by atoms with Crippen LogP contribution in [0.4, 0.5) is 5.69 Å². The van der Waals surface area contributed by atoms with Gasteiger partial charge in [0, 0.05) is 12.1 Å². The van der Waals surface area contributed by atoms with E-state index < -0.39 is 154 Å². The van der Waals surface area contributed by atoms with Crippen molar-refractivity contribution in [2.75, 3.05) is 26.4 Å². The van der Waals surface area contributed by atoms with Gasteiger partial charge in [-0.25, -0.2) is 0 Å². The summed E-state index contributed by atoms with van der Waals surface area (Å²) in [5, 5.41) is 146. The van der Waals surface area contributed by atoms with Gasteiger partial charge in [0.25, 0.3) is 5.69 Å². The molecule has 4 saturated heterocycles. The maximum absolute atomic E-state index is 11.1. The molecule has 20 atom stereocenters. The summed E-state index contributed by atoms with van der Waals surface area (Å²) >= 11 is 0. The molecule has 1 aromatic rings. The first-order valence-electron chi connectivity index (χ1n) is 16.7. The fourth-order valence-corrected chi connectivity index (χ4v) is 6.41. The summed E-state index contributed by atoms with van der Waals surface area (Å²) in [5.74, 6) is 0.000590. The molecule has 0 aliphatic carbocycles. The smallest absolute Gasteiger partial charge is 0.269 e. The van der Waals surface area contributed by atoms with Crippen LogP contribution in [0.5, 0.6) is 5.75 Å². The zero-order valence-corrected chi connectivity index (χ0v) is 28.0. The zero-order chi connectivity index (χ0) is 39.6. The van der Waals surface area contributed by atoms with Crippen molar-refractivity contribution < 1.29 is 109 Å². The third-order valence-corrected chi connectivity index (χ3v) is 9.48. The maximum Gasteiger partial charge on any atom is 0.269 e. The SMILES string of the molecule is O=[N+]([O-])c1ccc(O[C@@H]2O[C@H](CO)[C@@H](O[C@@H]3O[C@H](CO)[C@@H](O[C@@H]4O[C@H](CO)[C@@H](O[C@@H]5O[C@H](CO)[C@H](O)[C@H](O)[C@@H]5O)[C@H](O)[C@@H]4O)[C@H](O)[C@@H]3O)[C@@H](O)[C@H]2O)cc1. The molecule has 1 aromatic carbocycles. The summed E-state index contributed by atoms with van der Waals surface area (Å²) in [7, 11) is 0. The summed E-state index contributed by atoms with van der Waals surface area (Å²) in [5.41, 5.74) is -0.251. The number of aliphatic hydroxyl groups excluding tert-OH is 13. The molecular weight excluding hydrogens is 742 g/mol. The molecule has 0 bridgehead atoms. The van der Waals surface area contributed by atoms with Crippen molar-refractivity contribution in [1.29, 1.82) is 0 Å². The van der Waals surface area contributed by atoms with E-state index in [0.717, 1.165) is 12.1 Å². The Hall–Kier alpha value is -2.38. The molecule has 0 aromatic heterocycles. The second-order valence-electron chi connectivity index (χ2n) is 13.0. The van der Waals surface area contributed by atoms with Gasteiger partial charge in [0.05, 0.1) is 31.4 Å². The summed E-state index contributed by atoms with van der Waals surface area (Å²) in [6.07, 6.45) is -35.7. The van der Waals surface area contributed by atoms with Crippen molar-refractivity contribution in [3.63, 3.8) is 0 Å². The first-order chi connectivity index (χ1) is 25.6. The van der Waals surface area contributed by atoms with Crippen LogP contribution in [0.2, 0.25) is 0 Å². The van der Waals surface area contributed by atoms with E-state index in [-0.39, 0.29) is 11.4 Å². The Kier molecular flexibility index (Phi) is 14.5. The van der Waals surface area contributed by atoms with E-state index in [1.807, 2.05) is 0 Å². The van der Waals surface area contributed by atoms with Crippen molar-refractivity contribution in [1.82, 2.24) is 0 Å². The molecule has 0 spiro atoms. The molecule has 308 valence electrons. The standard InChI is InChI=1S/C30H45NO23/c32-5-11-15(36)16(37)20(41)28(48-11)52-25-13(7-34)50-30(22(43)18(25)39)54-26-14(8-35)51-29(23(44)19(26)40)53-24-12(6-33)49-27(21(42)17(24)38)47-10-3-1-9(2-4-10)31(45)46/h1-4,11-30,32-44H,5-8H2/t11-,12-,13-,14-,15+,16+,17+,18-,19-,20+,21-,22+,23+,24-,25-,26-,27-,28+,29+,30+/m1/s1. The van der Waals surface area contributed by atoms with Crippen LogP contribution in [0.15, 0.2) is 24.3 Å². The van der Waals surface area contributed by atoms with Crippen LogP contribution in [0.1, 0.15) is 0 Å². The van der Waals surface area contributed by atoms with Crippen LogP contribution in [-0.4, -0.2) is 221 Å². The topological polar surface area (TPSA) is 380 Å². The van der Waals surface area contributed by atoms with Crippen molar-refractivity contribution in [2.45, 2.75) is 123 Å². The third-order valence-electron chi connectivity index (χ3n) is 9.48. The highest BCUT2D eigenvalue weighted by Gasteiger charge is 2.55. The fraction of sp³-hybridized carbons (Fsp3) is 0.800. The quantitative estimate of drug-likeness (QED) is 0.0652. The number of aliphatic hydroxyl groups is 13. The number of hydrogen-bond donors (Lipinski definition) is 13. The van der Waals surface area contributed by atoms with E-state index in [4.69, 9.17) is 37.9 Å². The molecular formula is C30H45NO23. The minimum Gasteiger partial charge on any atom is -0.462 e. The molecule has 5 rings (SSSR count). The average Bonchev–Trinajstić information content (AvgIpc) is 3.16. The van der Waals surface area contributed by atoms with E-state index in [0.29, 0.717) is 0 Å². The second-order valence-corrected chi connectivity index (χ2v) is 13.0. The molecule has 13 N–H and O–H groups in total. The van der Waals surface area contributed by atoms with Gasteiger partial charge in [-0.3, -0.25) is 10.1 Å². The highest BCUT2D eigenvalue weighted by Crippen LogP contribution is 2.34. The van der Waals surface area contributed by atoms with E-state index in [1.54, 1.807) is 0 Å². The second kappa shape index (κ2) is 18.3. The molecule has 0 amide bonds. The van der Waals surface area contributed by atoms with E-state index in [9.17, 15) is 76.5 Å². The number of nitro groups is 1. The molecule has 4 aliphatic rings. The monoisotopic (exact) mass is 787 g/mol. The van der Waals surface area contributed by atoms with Crippen LogP contribution < -0.4 is 4.74 Å². The van der Waals surface area contributed by atoms with Crippen molar-refractivity contribution in [2.24, 2.45) is 0 Å². The first kappa shape index (κ1) is 42.8. The summed E-state index contributed by atoms with van der Waals surface area (Å²) in [4.78, 5) is 10.3. The Labute approximate surface area is 304 Å². The number of hydrogen-bond acceptors (Lipinski definition) is 23. The number of rotatable bonds is 13. The lowest BCUT2D eigenvalue weighted by Crippen LogP contribution is -2.67. The van der Waals surface area contributed by atoms with Gasteiger partial charge in [-0.15, -0.1) is 0 Å². The van der Waals surface area contributed by atoms with Gasteiger partial charge in [-0.05, 0) is 12.1 Å². The number of non-ortho nitro benzene ring substituents is 1. The number of nitrogens with zero attached hydrogens (tertiary/aromatic N) is 1. The predicted octanol–water partition coefficient (Wildman–Crippen LogP) is -7.75. The maximum atomic E-state index is 11.1. The molecule has 4 fully saturated rings. The zero-order valence-electron chi connectivity index (χ0n) is 28.0. The minimum absolute atomic E-state index is 0.000590. The first-order valence-corrected chi connectivity index (χ1v) is 16.7. The van der Waals surface area contributed by atoms with Crippen molar-refractivity contribution >= 4 is 5.69 Å². The van der Waals surface area contributed by atoms with E-state index >= 15 is 0 Å². The third kappa shape index (κ3) is 8.77. The molecule has 4 aliphatic heterocycles. The molecule has 0 radical (unpaired) electrons. The Balaban J connectivity index is 1.22. The lowest BCUT2D eigenvalue weighted by molar-refractivity contribution is -0.387. The molecule has 24 nitrogen and oxygen atoms in total. The summed E-state index contributed by atoms with van der Waals surface area (Å²) in [6.45, 7) is -3.50. The Morgan fingerprint density at radius 3 is 1.19 bits per heavy atom. The summed E-state index contributed by atoms with van der Waals surface area (Å²) in [6, 6.07) is 4.64. The Morgan fingerprint density at radius 1 is 0.481 bits per heavy atom. The summed E-state index contributed by atoms with van der Waals surface area (Å²) < 4.78 is 44.2. The van der Waals surface area contributed by atoms with Crippen molar-refractivity contribution in [3.8, 4) is 5.75 Å².